The molecule has 0 aliphatic carbocycles. The van der Waals surface area contributed by atoms with Crippen LogP contribution in [-0.4, -0.2) is 48.0 Å². The first kappa shape index (κ1) is 21.5. The van der Waals surface area contributed by atoms with Gasteiger partial charge in [0, 0.05) is 48.7 Å². The van der Waals surface area contributed by atoms with Crippen molar-refractivity contribution in [2.24, 2.45) is 0 Å². The van der Waals surface area contributed by atoms with Crippen LogP contribution in [0, 0.1) is 12.3 Å². The summed E-state index contributed by atoms with van der Waals surface area (Å²) in [5.74, 6) is 1.66. The maximum absolute atomic E-state index is 13.0. The zero-order valence-electron chi connectivity index (χ0n) is 18.4. The molecule has 10 heteroatoms. The Kier molecular flexibility index (Phi) is 5.59. The van der Waals surface area contributed by atoms with E-state index in [0.29, 0.717) is 38.2 Å². The number of imide groups is 1. The highest BCUT2D eigenvalue weighted by atomic mass is 16.2. The Balaban J connectivity index is 1.22. The molecule has 4 heterocycles. The summed E-state index contributed by atoms with van der Waals surface area (Å²) in [4.78, 5) is 42.7. The molecule has 2 aliphatic heterocycles. The van der Waals surface area contributed by atoms with Gasteiger partial charge < -0.3 is 14.8 Å². The number of imidazole rings is 1. The van der Waals surface area contributed by atoms with E-state index in [-0.39, 0.29) is 18.2 Å². The number of nitrogens with zero attached hydrogens (tertiary/aromatic N) is 5. The van der Waals surface area contributed by atoms with Gasteiger partial charge in [-0.1, -0.05) is 12.0 Å². The minimum atomic E-state index is -0.632. The molecule has 5 rings (SSSR count). The van der Waals surface area contributed by atoms with Crippen LogP contribution in [0.2, 0.25) is 0 Å². The second-order valence-electron chi connectivity index (χ2n) is 8.32. The minimum Gasteiger partial charge on any atom is -0.379 e. The lowest BCUT2D eigenvalue weighted by Crippen LogP contribution is -2.52. The van der Waals surface area contributed by atoms with Crippen LogP contribution in [0.15, 0.2) is 43.1 Å². The number of nitrogens with one attached hydrogen (secondary N) is 2. The third-order valence-corrected chi connectivity index (χ3v) is 6.12. The van der Waals surface area contributed by atoms with E-state index in [2.05, 4.69) is 26.6 Å². The molecule has 3 aromatic rings. The molecule has 2 aromatic heterocycles. The van der Waals surface area contributed by atoms with E-state index in [1.807, 2.05) is 29.1 Å². The highest BCUT2D eigenvalue weighted by Crippen LogP contribution is 2.32. The van der Waals surface area contributed by atoms with Crippen molar-refractivity contribution >= 4 is 23.4 Å². The molecular weight excluding hydrogens is 434 g/mol. The van der Waals surface area contributed by atoms with Crippen molar-refractivity contribution in [1.82, 2.24) is 29.5 Å². The Morgan fingerprint density at radius 1 is 1.21 bits per heavy atom. The van der Waals surface area contributed by atoms with Gasteiger partial charge >= 0.3 is 0 Å². The van der Waals surface area contributed by atoms with Gasteiger partial charge in [0.15, 0.2) is 0 Å². The predicted molar refractivity (Wildman–Crippen MR) is 122 cm³/mol. The van der Waals surface area contributed by atoms with E-state index in [9.17, 15) is 14.4 Å². The van der Waals surface area contributed by atoms with Gasteiger partial charge in [-0.3, -0.25) is 24.4 Å². The average molecular weight is 457 g/mol. The third kappa shape index (κ3) is 4.15. The number of aromatic nitrogens is 4. The average Bonchev–Trinajstić information content (AvgIpc) is 3.56. The second-order valence-corrected chi connectivity index (χ2v) is 8.32. The summed E-state index contributed by atoms with van der Waals surface area (Å²) >= 11 is 0. The number of benzene rings is 1. The molecule has 0 spiro atoms. The summed E-state index contributed by atoms with van der Waals surface area (Å²) in [6.07, 6.45) is 13.2. The van der Waals surface area contributed by atoms with Crippen LogP contribution in [-0.2, 0) is 35.8 Å². The lowest BCUT2D eigenvalue weighted by Gasteiger charge is -2.29. The minimum absolute atomic E-state index is 0.191. The van der Waals surface area contributed by atoms with E-state index in [1.54, 1.807) is 28.2 Å². The fourth-order valence-electron chi connectivity index (χ4n) is 4.34. The van der Waals surface area contributed by atoms with Crippen molar-refractivity contribution < 1.29 is 14.4 Å². The number of aryl methyl sites for hydroxylation is 2. The van der Waals surface area contributed by atoms with E-state index >= 15 is 0 Å². The van der Waals surface area contributed by atoms with Crippen LogP contribution in [0.4, 0.5) is 5.69 Å². The molecule has 172 valence electrons. The molecule has 0 saturated carbocycles. The number of hydrogen-bond acceptors (Lipinski definition) is 6. The summed E-state index contributed by atoms with van der Waals surface area (Å²) < 4.78 is 3.78. The van der Waals surface area contributed by atoms with E-state index in [0.717, 1.165) is 22.5 Å². The maximum atomic E-state index is 13.0. The number of carbonyl (C=O) groups is 3. The van der Waals surface area contributed by atoms with Crippen molar-refractivity contribution in [1.29, 1.82) is 0 Å². The number of fused-ring (bicyclic) bond motifs is 1. The second kappa shape index (κ2) is 8.86. The van der Waals surface area contributed by atoms with Gasteiger partial charge in [-0.05, 0) is 18.6 Å². The van der Waals surface area contributed by atoms with Crippen LogP contribution in [0.25, 0.3) is 0 Å². The number of piperidine rings is 1. The van der Waals surface area contributed by atoms with Gasteiger partial charge in [0.2, 0.25) is 11.8 Å². The first-order chi connectivity index (χ1) is 16.5. The highest BCUT2D eigenvalue weighted by Gasteiger charge is 2.39. The molecule has 1 aromatic carbocycles. The summed E-state index contributed by atoms with van der Waals surface area (Å²) in [6.45, 7) is 2.19. The Labute approximate surface area is 196 Å². The van der Waals surface area contributed by atoms with Crippen LogP contribution >= 0.6 is 0 Å². The normalized spacial score (nSPS) is 17.4. The molecule has 0 radical (unpaired) electrons. The summed E-state index contributed by atoms with van der Waals surface area (Å²) in [5, 5.41) is 9.93. The molecule has 1 fully saturated rings. The molecule has 3 amide bonds. The van der Waals surface area contributed by atoms with Crippen LogP contribution in [0.5, 0.6) is 0 Å². The molecule has 1 saturated heterocycles. The number of amides is 3. The Morgan fingerprint density at radius 3 is 2.88 bits per heavy atom. The van der Waals surface area contributed by atoms with Gasteiger partial charge in [0.1, 0.15) is 6.04 Å². The zero-order chi connectivity index (χ0) is 23.7. The largest absolute Gasteiger partial charge is 0.379 e. The SMILES string of the molecule is C#Cc1cnn(CCn2cnc(CNc3cccc4c3CN(C3CCC(=O)NC3=O)C4=O)c2)c1. The molecule has 2 N–H and O–H groups in total. The van der Waals surface area contributed by atoms with Crippen molar-refractivity contribution in [3.8, 4) is 12.3 Å². The summed E-state index contributed by atoms with van der Waals surface area (Å²) in [5.41, 5.74) is 3.85. The topological polar surface area (TPSA) is 114 Å². The molecular formula is C24H23N7O3. The molecule has 1 atom stereocenters. The lowest BCUT2D eigenvalue weighted by molar-refractivity contribution is -0.136. The van der Waals surface area contributed by atoms with Gasteiger partial charge in [0.25, 0.3) is 5.91 Å². The van der Waals surface area contributed by atoms with Gasteiger partial charge in [-0.15, -0.1) is 6.42 Å². The number of hydrogen-bond donors (Lipinski definition) is 2. The molecule has 0 bridgehead atoms. The highest BCUT2D eigenvalue weighted by molar-refractivity contribution is 6.06. The monoisotopic (exact) mass is 457 g/mol. The van der Waals surface area contributed by atoms with Crippen molar-refractivity contribution in [3.05, 3.63) is 65.5 Å². The Bertz CT molecular complexity index is 1320. The van der Waals surface area contributed by atoms with Crippen LogP contribution in [0.1, 0.15) is 40.0 Å². The fourth-order valence-corrected chi connectivity index (χ4v) is 4.34. The predicted octanol–water partition coefficient (Wildman–Crippen LogP) is 1.13. The zero-order valence-corrected chi connectivity index (χ0v) is 18.4. The van der Waals surface area contributed by atoms with Crippen molar-refractivity contribution in [2.45, 2.75) is 45.1 Å². The summed E-state index contributed by atoms with van der Waals surface area (Å²) in [7, 11) is 0. The van der Waals surface area contributed by atoms with Gasteiger partial charge in [0.05, 0.1) is 36.9 Å². The smallest absolute Gasteiger partial charge is 0.255 e. The first-order valence-corrected chi connectivity index (χ1v) is 11.0. The molecule has 34 heavy (non-hydrogen) atoms. The lowest BCUT2D eigenvalue weighted by atomic mass is 10.0. The van der Waals surface area contributed by atoms with Crippen molar-refractivity contribution in [2.75, 3.05) is 5.32 Å². The number of anilines is 1. The standard InChI is InChI=1S/C24H23N7O3/c1-2-16-10-27-30(12-16)9-8-29-13-17(26-15-29)11-25-20-5-3-4-18-19(20)14-31(24(18)34)21-6-7-22(32)28-23(21)33/h1,3-5,10,12-13,15,21,25H,6-9,11,14H2,(H,28,32,33). The quantitative estimate of drug-likeness (QED) is 0.406. The first-order valence-electron chi connectivity index (χ1n) is 11.0. The van der Waals surface area contributed by atoms with Gasteiger partial charge in [-0.25, -0.2) is 4.98 Å². The molecule has 10 nitrogen and oxygen atoms in total. The van der Waals surface area contributed by atoms with E-state index < -0.39 is 11.9 Å². The van der Waals surface area contributed by atoms with Crippen LogP contribution in [0.3, 0.4) is 0 Å². The van der Waals surface area contributed by atoms with Crippen LogP contribution < -0.4 is 10.6 Å². The van der Waals surface area contributed by atoms with E-state index in [1.165, 1.54) is 0 Å². The maximum Gasteiger partial charge on any atom is 0.255 e. The third-order valence-electron chi connectivity index (χ3n) is 6.12. The fraction of sp³-hybridized carbons (Fsp3) is 0.292. The Hall–Kier alpha value is -4.39. The van der Waals surface area contributed by atoms with E-state index in [4.69, 9.17) is 6.42 Å². The van der Waals surface area contributed by atoms with Crippen molar-refractivity contribution in [3.63, 3.8) is 0 Å². The Morgan fingerprint density at radius 2 is 2.09 bits per heavy atom. The van der Waals surface area contributed by atoms with Gasteiger partial charge in [-0.2, -0.15) is 5.10 Å². The molecule has 2 aliphatic rings. The number of carbonyl (C=O) groups excluding carboxylic acids is 3. The number of terminal acetylenes is 1. The molecule has 1 unspecified atom stereocenters. The number of rotatable bonds is 7. The summed E-state index contributed by atoms with van der Waals surface area (Å²) in [6, 6.07) is 4.87.